The first-order valence-corrected chi connectivity index (χ1v) is 13.1. The quantitative estimate of drug-likeness (QED) is 0.620. The highest BCUT2D eigenvalue weighted by molar-refractivity contribution is 6.16. The van der Waals surface area contributed by atoms with Crippen molar-refractivity contribution in [3.05, 3.63) is 23.3 Å². The molecule has 1 aromatic carbocycles. The van der Waals surface area contributed by atoms with Crippen LogP contribution in [0.25, 0.3) is 0 Å². The first-order chi connectivity index (χ1) is 16.3. The smallest absolute Gasteiger partial charge is 0.243 e. The lowest BCUT2D eigenvalue weighted by atomic mass is 9.56. The van der Waals surface area contributed by atoms with E-state index in [-0.39, 0.29) is 35.5 Å². The normalized spacial score (nSPS) is 42.0. The summed E-state index contributed by atoms with van der Waals surface area (Å²) in [7, 11) is 1.96. The Morgan fingerprint density at radius 1 is 1.11 bits per heavy atom. The van der Waals surface area contributed by atoms with Gasteiger partial charge in [-0.25, -0.2) is 0 Å². The Morgan fingerprint density at radius 2 is 1.86 bits per heavy atom. The maximum absolute atomic E-state index is 14.2. The minimum absolute atomic E-state index is 0.0139. The second kappa shape index (κ2) is 5.93. The molecule has 1 aliphatic carbocycles. The highest BCUT2D eigenvalue weighted by Crippen LogP contribution is 2.75. The number of Topliss-reactive ketones (excluding diaryl/α,β-unsaturated/α-hetero) is 1. The van der Waals surface area contributed by atoms with Gasteiger partial charge in [-0.05, 0) is 56.1 Å². The van der Waals surface area contributed by atoms with Gasteiger partial charge < -0.3 is 15.0 Å². The number of carbonyl (C=O) groups excluding carboxylic acids is 3. The average Bonchev–Trinajstić information content (AvgIpc) is 3.35. The minimum atomic E-state index is -0.806. The van der Waals surface area contributed by atoms with Crippen LogP contribution in [0.1, 0.15) is 76.2 Å². The number of ether oxygens (including phenoxy) is 1. The number of ketones is 1. The van der Waals surface area contributed by atoms with Gasteiger partial charge in [-0.2, -0.15) is 0 Å². The topological polar surface area (TPSA) is 79.0 Å². The molecule has 5 atom stereocenters. The van der Waals surface area contributed by atoms with Gasteiger partial charge in [0.1, 0.15) is 16.9 Å². The number of likely N-dealkylation sites (N-methyl/N-ethyl adjacent to an activating group) is 1. The van der Waals surface area contributed by atoms with Crippen molar-refractivity contribution < 1.29 is 19.1 Å². The molecule has 1 saturated carbocycles. The number of nitrogens with one attached hydrogen (secondary N) is 1. The Morgan fingerprint density at radius 3 is 2.60 bits per heavy atom. The lowest BCUT2D eigenvalue weighted by Gasteiger charge is -2.51. The summed E-state index contributed by atoms with van der Waals surface area (Å²) in [5, 5.41) is 3.17. The van der Waals surface area contributed by atoms with E-state index in [0.717, 1.165) is 31.5 Å². The lowest BCUT2D eigenvalue weighted by molar-refractivity contribution is -0.140. The standard InChI is InChI=1S/C28H35N3O4/c1-15-11-28-21-25(4,5)27(14-26(21,30(6)23(28)34)9-10-31(28)13-15)16-7-8-18-19(20(16)29-22(27)33)17(32)12-24(2,3)35-18/h7-8,15,21H,9-14H2,1-6H3,(H,29,33)/t15-,21+,26+,27-,28+/m1/s1. The fourth-order valence-electron chi connectivity index (χ4n) is 9.88. The van der Waals surface area contributed by atoms with Gasteiger partial charge in [-0.15, -0.1) is 0 Å². The first kappa shape index (κ1) is 21.8. The zero-order valence-electron chi connectivity index (χ0n) is 21.6. The summed E-state index contributed by atoms with van der Waals surface area (Å²) in [6, 6.07) is 3.90. The van der Waals surface area contributed by atoms with Crippen molar-refractivity contribution in [2.45, 2.75) is 82.4 Å². The fraction of sp³-hybridized carbons (Fsp3) is 0.679. The van der Waals surface area contributed by atoms with E-state index in [9.17, 15) is 14.4 Å². The molecule has 35 heavy (non-hydrogen) atoms. The van der Waals surface area contributed by atoms with Crippen molar-refractivity contribution in [2.24, 2.45) is 17.3 Å². The maximum Gasteiger partial charge on any atom is 0.243 e. The Labute approximate surface area is 206 Å². The van der Waals surface area contributed by atoms with Gasteiger partial charge in [0, 0.05) is 26.1 Å². The van der Waals surface area contributed by atoms with Crippen LogP contribution < -0.4 is 10.1 Å². The van der Waals surface area contributed by atoms with E-state index < -0.39 is 22.0 Å². The molecule has 1 N–H and O–H groups in total. The Hall–Kier alpha value is -2.41. The Balaban J connectivity index is 1.46. The van der Waals surface area contributed by atoms with Crippen LogP contribution in [0.3, 0.4) is 0 Å². The van der Waals surface area contributed by atoms with Gasteiger partial charge in [-0.1, -0.05) is 26.8 Å². The molecule has 7 rings (SSSR count). The van der Waals surface area contributed by atoms with Crippen LogP contribution >= 0.6 is 0 Å². The second-order valence-corrected chi connectivity index (χ2v) is 13.4. The molecule has 0 unspecified atom stereocenters. The molecule has 2 amide bonds. The van der Waals surface area contributed by atoms with Crippen LogP contribution in [0.4, 0.5) is 5.69 Å². The summed E-state index contributed by atoms with van der Waals surface area (Å²) in [4.78, 5) is 45.9. The average molecular weight is 478 g/mol. The van der Waals surface area contributed by atoms with Gasteiger partial charge >= 0.3 is 0 Å². The second-order valence-electron chi connectivity index (χ2n) is 13.4. The molecule has 186 valence electrons. The van der Waals surface area contributed by atoms with Crippen LogP contribution in [0.15, 0.2) is 12.1 Å². The Bertz CT molecular complexity index is 1250. The number of amides is 2. The molecule has 5 heterocycles. The fourth-order valence-corrected chi connectivity index (χ4v) is 9.88. The van der Waals surface area contributed by atoms with Gasteiger partial charge in [0.05, 0.1) is 28.6 Å². The summed E-state index contributed by atoms with van der Waals surface area (Å²) >= 11 is 0. The number of rotatable bonds is 0. The summed E-state index contributed by atoms with van der Waals surface area (Å²) in [5.41, 5.74) is -0.709. The van der Waals surface area contributed by atoms with E-state index in [1.807, 2.05) is 37.9 Å². The number of anilines is 1. The van der Waals surface area contributed by atoms with Crippen molar-refractivity contribution in [1.82, 2.24) is 9.80 Å². The number of hydrogen-bond donors (Lipinski definition) is 1. The molecule has 2 bridgehead atoms. The molecular formula is C28H35N3O4. The van der Waals surface area contributed by atoms with Crippen LogP contribution in [-0.2, 0) is 15.0 Å². The summed E-state index contributed by atoms with van der Waals surface area (Å²) < 4.78 is 6.16. The first-order valence-electron chi connectivity index (χ1n) is 13.1. The highest BCUT2D eigenvalue weighted by atomic mass is 16.5. The third kappa shape index (κ3) is 2.11. The van der Waals surface area contributed by atoms with Crippen molar-refractivity contribution in [3.8, 4) is 5.75 Å². The third-order valence-corrected chi connectivity index (χ3v) is 10.8. The van der Waals surface area contributed by atoms with Gasteiger partial charge in [-0.3, -0.25) is 19.3 Å². The summed E-state index contributed by atoms with van der Waals surface area (Å²) in [6.45, 7) is 12.3. The van der Waals surface area contributed by atoms with Gasteiger partial charge in [0.15, 0.2) is 5.78 Å². The highest BCUT2D eigenvalue weighted by Gasteiger charge is 2.83. The largest absolute Gasteiger partial charge is 0.487 e. The van der Waals surface area contributed by atoms with Gasteiger partial charge in [0.25, 0.3) is 0 Å². The van der Waals surface area contributed by atoms with E-state index >= 15 is 0 Å². The number of carbonyl (C=O) groups is 3. The molecule has 7 nitrogen and oxygen atoms in total. The van der Waals surface area contributed by atoms with Crippen molar-refractivity contribution in [2.75, 3.05) is 25.5 Å². The number of piperidine rings is 1. The lowest BCUT2D eigenvalue weighted by Crippen LogP contribution is -2.62. The number of benzene rings is 1. The van der Waals surface area contributed by atoms with E-state index in [2.05, 4.69) is 31.0 Å². The number of fused-ring (bicyclic) bond motifs is 4. The number of nitrogens with zero attached hydrogens (tertiary/aromatic N) is 2. The molecule has 0 radical (unpaired) electrons. The summed E-state index contributed by atoms with van der Waals surface area (Å²) in [5.74, 6) is 1.26. The predicted molar refractivity (Wildman–Crippen MR) is 130 cm³/mol. The van der Waals surface area contributed by atoms with Crippen LogP contribution in [0, 0.1) is 17.3 Å². The zero-order valence-corrected chi connectivity index (χ0v) is 21.6. The van der Waals surface area contributed by atoms with Gasteiger partial charge in [0.2, 0.25) is 11.8 Å². The van der Waals surface area contributed by atoms with Crippen LogP contribution in [0.2, 0.25) is 0 Å². The SMILES string of the molecule is C[C@H]1CN2CC[C@]34C[C@@]5(C(=O)Nc6c5ccc5c6C(=O)CC(C)(C)O5)C(C)(C)[C@@H]3[C@@]2(C1)C(=O)N4C. The molecule has 5 aliphatic heterocycles. The zero-order chi connectivity index (χ0) is 24.9. The molecule has 4 fully saturated rings. The molecular weight excluding hydrogens is 442 g/mol. The van der Waals surface area contributed by atoms with Crippen molar-refractivity contribution in [1.29, 1.82) is 0 Å². The Kier molecular flexibility index (Phi) is 3.70. The molecule has 7 heteroatoms. The van der Waals surface area contributed by atoms with E-state index in [1.165, 1.54) is 0 Å². The molecule has 3 saturated heterocycles. The monoisotopic (exact) mass is 477 g/mol. The molecule has 0 aromatic heterocycles. The third-order valence-electron chi connectivity index (χ3n) is 10.8. The van der Waals surface area contributed by atoms with E-state index in [0.29, 0.717) is 29.3 Å². The van der Waals surface area contributed by atoms with Crippen LogP contribution in [0.5, 0.6) is 5.75 Å². The van der Waals surface area contributed by atoms with Crippen LogP contribution in [-0.4, -0.2) is 64.2 Å². The van der Waals surface area contributed by atoms with E-state index in [1.54, 1.807) is 0 Å². The summed E-state index contributed by atoms with van der Waals surface area (Å²) in [6.07, 6.45) is 2.61. The molecule has 2 spiro atoms. The number of likely N-dealkylation sites (tertiary alicyclic amines) is 1. The van der Waals surface area contributed by atoms with Crippen molar-refractivity contribution >= 4 is 23.3 Å². The maximum atomic E-state index is 14.2. The van der Waals surface area contributed by atoms with E-state index in [4.69, 9.17) is 4.74 Å². The van der Waals surface area contributed by atoms with Crippen molar-refractivity contribution in [3.63, 3.8) is 0 Å². The molecule has 6 aliphatic rings. The molecule has 1 aromatic rings. The minimum Gasteiger partial charge on any atom is -0.487 e. The predicted octanol–water partition coefficient (Wildman–Crippen LogP) is 3.36. The number of hydrogen-bond acceptors (Lipinski definition) is 5.